The highest BCUT2D eigenvalue weighted by Crippen LogP contribution is 2.31. The van der Waals surface area contributed by atoms with Gasteiger partial charge in [0.2, 0.25) is 5.95 Å². The summed E-state index contributed by atoms with van der Waals surface area (Å²) >= 11 is 12.3. The number of nitrogens with zero attached hydrogens (tertiary/aromatic N) is 2. The average molecular weight is 377 g/mol. The van der Waals surface area contributed by atoms with Crippen LogP contribution in [0, 0.1) is 5.82 Å². The summed E-state index contributed by atoms with van der Waals surface area (Å²) in [6, 6.07) is 13.5. The maximum atomic E-state index is 12.9. The molecule has 128 valence electrons. The smallest absolute Gasteiger partial charge is 0.229 e. The molecule has 2 aromatic carbocycles. The van der Waals surface area contributed by atoms with E-state index in [0.717, 1.165) is 12.0 Å². The lowest BCUT2D eigenvalue weighted by Crippen LogP contribution is -2.08. The minimum atomic E-state index is -0.235. The van der Waals surface area contributed by atoms with Crippen molar-refractivity contribution in [1.29, 1.82) is 0 Å². The second-order valence-corrected chi connectivity index (χ2v) is 6.10. The molecule has 25 heavy (non-hydrogen) atoms. The summed E-state index contributed by atoms with van der Waals surface area (Å²) in [7, 11) is 0. The van der Waals surface area contributed by atoms with E-state index in [4.69, 9.17) is 23.2 Å². The molecule has 2 N–H and O–H groups in total. The fourth-order valence-electron chi connectivity index (χ4n) is 2.23. The number of aromatic nitrogens is 2. The first-order valence-corrected chi connectivity index (χ1v) is 8.40. The van der Waals surface area contributed by atoms with Gasteiger partial charge in [0, 0.05) is 12.7 Å². The Labute approximate surface area is 155 Å². The normalized spacial score (nSPS) is 10.5. The average Bonchev–Trinajstić information content (AvgIpc) is 2.60. The molecule has 3 aromatic rings. The van der Waals surface area contributed by atoms with Crippen LogP contribution < -0.4 is 10.6 Å². The van der Waals surface area contributed by atoms with Gasteiger partial charge < -0.3 is 10.6 Å². The predicted octanol–water partition coefficient (Wildman–Crippen LogP) is 5.32. The summed E-state index contributed by atoms with van der Waals surface area (Å²) < 4.78 is 12.9. The number of para-hydroxylation sites is 1. The molecule has 1 aromatic heterocycles. The molecule has 0 fully saturated rings. The van der Waals surface area contributed by atoms with Crippen LogP contribution in [0.15, 0.2) is 54.7 Å². The predicted molar refractivity (Wildman–Crippen MR) is 100 cm³/mol. The highest BCUT2D eigenvalue weighted by atomic mass is 35.5. The van der Waals surface area contributed by atoms with Crippen molar-refractivity contribution in [2.24, 2.45) is 0 Å². The van der Waals surface area contributed by atoms with Crippen LogP contribution >= 0.6 is 23.2 Å². The topological polar surface area (TPSA) is 49.8 Å². The lowest BCUT2D eigenvalue weighted by Gasteiger charge is -2.10. The van der Waals surface area contributed by atoms with Crippen molar-refractivity contribution in [3.05, 3.63) is 76.2 Å². The maximum absolute atomic E-state index is 12.9. The van der Waals surface area contributed by atoms with Crippen LogP contribution in [0.4, 0.5) is 21.8 Å². The Hall–Kier alpha value is -2.37. The zero-order valence-corrected chi connectivity index (χ0v) is 14.7. The minimum Gasteiger partial charge on any atom is -0.370 e. The molecule has 0 amide bonds. The van der Waals surface area contributed by atoms with Gasteiger partial charge in [-0.3, -0.25) is 0 Å². The Balaban J connectivity index is 1.62. The number of hydrogen-bond donors (Lipinski definition) is 2. The first-order valence-electron chi connectivity index (χ1n) is 7.64. The van der Waals surface area contributed by atoms with Crippen molar-refractivity contribution in [3.8, 4) is 0 Å². The van der Waals surface area contributed by atoms with Gasteiger partial charge in [-0.25, -0.2) is 9.37 Å². The number of hydrogen-bond acceptors (Lipinski definition) is 4. The van der Waals surface area contributed by atoms with Crippen LogP contribution in [0.5, 0.6) is 0 Å². The Morgan fingerprint density at radius 3 is 2.40 bits per heavy atom. The van der Waals surface area contributed by atoms with Crippen LogP contribution in [-0.4, -0.2) is 16.5 Å². The van der Waals surface area contributed by atoms with Gasteiger partial charge in [-0.05, 0) is 42.3 Å². The Morgan fingerprint density at radius 2 is 1.68 bits per heavy atom. The third-order valence-electron chi connectivity index (χ3n) is 3.49. The van der Waals surface area contributed by atoms with E-state index in [1.807, 2.05) is 0 Å². The fourth-order valence-corrected chi connectivity index (χ4v) is 2.72. The third-order valence-corrected chi connectivity index (χ3v) is 4.12. The molecule has 0 atom stereocenters. The second kappa shape index (κ2) is 8.14. The molecule has 0 aliphatic rings. The van der Waals surface area contributed by atoms with E-state index in [1.54, 1.807) is 42.6 Å². The van der Waals surface area contributed by atoms with Gasteiger partial charge in [0.05, 0.1) is 15.7 Å². The fraction of sp³-hybridized carbons (Fsp3) is 0.111. The minimum absolute atomic E-state index is 0.235. The molecule has 0 aliphatic heterocycles. The molecular weight excluding hydrogens is 362 g/mol. The third kappa shape index (κ3) is 4.81. The van der Waals surface area contributed by atoms with Crippen molar-refractivity contribution >= 4 is 40.7 Å². The molecule has 3 rings (SSSR count). The summed E-state index contributed by atoms with van der Waals surface area (Å²) in [6.07, 6.45) is 2.39. The van der Waals surface area contributed by atoms with Crippen molar-refractivity contribution in [2.45, 2.75) is 6.42 Å². The molecule has 0 bridgehead atoms. The van der Waals surface area contributed by atoms with Gasteiger partial charge in [0.15, 0.2) is 0 Å². The van der Waals surface area contributed by atoms with E-state index < -0.39 is 0 Å². The van der Waals surface area contributed by atoms with Crippen LogP contribution in [0.2, 0.25) is 10.0 Å². The molecule has 1 heterocycles. The monoisotopic (exact) mass is 376 g/mol. The van der Waals surface area contributed by atoms with E-state index in [1.165, 1.54) is 12.1 Å². The number of benzene rings is 2. The van der Waals surface area contributed by atoms with Gasteiger partial charge >= 0.3 is 0 Å². The zero-order chi connectivity index (χ0) is 17.6. The molecule has 4 nitrogen and oxygen atoms in total. The number of rotatable bonds is 6. The Morgan fingerprint density at radius 1 is 0.960 bits per heavy atom. The Bertz CT molecular complexity index is 836. The van der Waals surface area contributed by atoms with Crippen molar-refractivity contribution in [2.75, 3.05) is 17.2 Å². The zero-order valence-electron chi connectivity index (χ0n) is 13.1. The summed E-state index contributed by atoms with van der Waals surface area (Å²) in [5.41, 5.74) is 1.61. The maximum Gasteiger partial charge on any atom is 0.229 e. The van der Waals surface area contributed by atoms with Gasteiger partial charge in [0.25, 0.3) is 0 Å². The number of halogens is 3. The van der Waals surface area contributed by atoms with Crippen molar-refractivity contribution < 1.29 is 4.39 Å². The SMILES string of the molecule is Fc1ccc(CCNc2ccnc(Nc3c(Cl)cccc3Cl)n2)cc1. The summed E-state index contributed by atoms with van der Waals surface area (Å²) in [5.74, 6) is 0.825. The lowest BCUT2D eigenvalue weighted by atomic mass is 10.1. The summed E-state index contributed by atoms with van der Waals surface area (Å²) in [6.45, 7) is 0.662. The number of anilines is 3. The van der Waals surface area contributed by atoms with Gasteiger partial charge in [-0.15, -0.1) is 0 Å². The van der Waals surface area contributed by atoms with E-state index in [2.05, 4.69) is 20.6 Å². The molecule has 0 unspecified atom stereocenters. The summed E-state index contributed by atoms with van der Waals surface area (Å²) in [4.78, 5) is 8.56. The molecule has 0 radical (unpaired) electrons. The largest absolute Gasteiger partial charge is 0.370 e. The molecule has 0 saturated heterocycles. The standard InChI is InChI=1S/C18H15Cl2FN4/c19-14-2-1-3-15(20)17(14)25-18-23-11-9-16(24-18)22-10-8-12-4-6-13(21)7-5-12/h1-7,9,11H,8,10H2,(H2,22,23,24,25). The van der Waals surface area contributed by atoms with Crippen LogP contribution in [0.25, 0.3) is 0 Å². The van der Waals surface area contributed by atoms with Crippen LogP contribution in [-0.2, 0) is 6.42 Å². The molecule has 7 heteroatoms. The molecule has 0 saturated carbocycles. The second-order valence-electron chi connectivity index (χ2n) is 5.29. The molecular formula is C18H15Cl2FN4. The van der Waals surface area contributed by atoms with E-state index >= 15 is 0 Å². The van der Waals surface area contributed by atoms with Gasteiger partial charge in [-0.1, -0.05) is 41.4 Å². The Kier molecular flexibility index (Phi) is 5.68. The van der Waals surface area contributed by atoms with Crippen LogP contribution in [0.3, 0.4) is 0 Å². The quantitative estimate of drug-likeness (QED) is 0.610. The summed E-state index contributed by atoms with van der Waals surface area (Å²) in [5, 5.41) is 7.22. The van der Waals surface area contributed by atoms with E-state index in [9.17, 15) is 4.39 Å². The van der Waals surface area contributed by atoms with Crippen molar-refractivity contribution in [3.63, 3.8) is 0 Å². The highest BCUT2D eigenvalue weighted by molar-refractivity contribution is 6.39. The van der Waals surface area contributed by atoms with Crippen LogP contribution in [0.1, 0.15) is 5.56 Å². The van der Waals surface area contributed by atoms with Gasteiger partial charge in [0.1, 0.15) is 11.6 Å². The highest BCUT2D eigenvalue weighted by Gasteiger charge is 2.07. The first-order chi connectivity index (χ1) is 12.1. The van der Waals surface area contributed by atoms with E-state index in [-0.39, 0.29) is 5.82 Å². The van der Waals surface area contributed by atoms with Crippen molar-refractivity contribution in [1.82, 2.24) is 9.97 Å². The number of nitrogens with one attached hydrogen (secondary N) is 2. The first kappa shape index (κ1) is 17.5. The van der Waals surface area contributed by atoms with E-state index in [0.29, 0.717) is 34.0 Å². The van der Waals surface area contributed by atoms with Gasteiger partial charge in [-0.2, -0.15) is 4.98 Å². The molecule has 0 aliphatic carbocycles. The molecule has 0 spiro atoms. The lowest BCUT2D eigenvalue weighted by molar-refractivity contribution is 0.627.